The minimum Gasteiger partial charge on any atom is -0.0619 e. The Morgan fingerprint density at radius 2 is 0.500 bits per heavy atom. The molecule has 5 aliphatic rings. The van der Waals surface area contributed by atoms with E-state index in [1.165, 1.54) is 66.8 Å². The van der Waals surface area contributed by atoms with Gasteiger partial charge in [-0.05, 0) is 115 Å². The highest BCUT2D eigenvalue weighted by Crippen LogP contribution is 2.59. The molecule has 0 aliphatic heterocycles. The summed E-state index contributed by atoms with van der Waals surface area (Å²) in [6.07, 6.45) is 4.12. The monoisotopic (exact) mass is 456 g/mol. The average molecular weight is 457 g/mol. The number of hydrogen-bond donors (Lipinski definition) is 0. The second-order valence-corrected chi connectivity index (χ2v) is 10.7. The Morgan fingerprint density at radius 1 is 0.278 bits per heavy atom. The van der Waals surface area contributed by atoms with E-state index >= 15 is 0 Å². The van der Waals surface area contributed by atoms with Gasteiger partial charge in [-0.3, -0.25) is 0 Å². The van der Waals surface area contributed by atoms with Gasteiger partial charge in [0, 0.05) is 0 Å². The molecule has 0 heterocycles. The molecule has 0 saturated heterocycles. The van der Waals surface area contributed by atoms with Crippen molar-refractivity contribution >= 4 is 22.3 Å². The minimum absolute atomic E-state index is 1.03. The lowest BCUT2D eigenvalue weighted by Crippen LogP contribution is -2.03. The normalized spacial score (nSPS) is 26.2. The van der Waals surface area contributed by atoms with Crippen LogP contribution >= 0.6 is 0 Å². The Balaban J connectivity index is 1.51. The molecule has 0 nitrogen and oxygen atoms in total. The number of rotatable bonds is 0. The van der Waals surface area contributed by atoms with Crippen LogP contribution in [0.2, 0.25) is 0 Å². The summed E-state index contributed by atoms with van der Waals surface area (Å²) in [7, 11) is 0. The van der Waals surface area contributed by atoms with Crippen LogP contribution in [0.3, 0.4) is 0 Å². The Bertz CT molecular complexity index is 1550. The van der Waals surface area contributed by atoms with Crippen LogP contribution in [0.4, 0.5) is 0 Å². The Kier molecular flexibility index (Phi) is 3.57. The fourth-order valence-corrected chi connectivity index (χ4v) is 7.61. The summed E-state index contributed by atoms with van der Waals surface area (Å²) in [6.45, 7) is 0. The van der Waals surface area contributed by atoms with Crippen LogP contribution in [0, 0.1) is 0 Å². The predicted octanol–water partition coefficient (Wildman–Crippen LogP) is 8.04. The van der Waals surface area contributed by atoms with Gasteiger partial charge in [-0.1, -0.05) is 97.1 Å². The summed E-state index contributed by atoms with van der Waals surface area (Å²) < 4.78 is 0. The third-order valence-electron chi connectivity index (χ3n) is 9.05. The van der Waals surface area contributed by atoms with Gasteiger partial charge in [0.2, 0.25) is 0 Å². The van der Waals surface area contributed by atoms with Crippen molar-refractivity contribution < 1.29 is 0 Å². The number of hydrogen-bond acceptors (Lipinski definition) is 0. The lowest BCUT2D eigenvalue weighted by atomic mass is 9.81. The van der Waals surface area contributed by atoms with E-state index in [1.807, 2.05) is 0 Å². The third-order valence-corrected chi connectivity index (χ3v) is 9.05. The van der Waals surface area contributed by atoms with Crippen LogP contribution in [0.5, 0.6) is 0 Å². The zero-order valence-electron chi connectivity index (χ0n) is 20.1. The maximum Gasteiger partial charge on any atom is -0.00101 e. The van der Waals surface area contributed by atoms with Gasteiger partial charge >= 0.3 is 0 Å². The van der Waals surface area contributed by atoms with Gasteiger partial charge in [-0.2, -0.15) is 0 Å². The lowest BCUT2D eigenvalue weighted by molar-refractivity contribution is 1.16. The van der Waals surface area contributed by atoms with Crippen LogP contribution in [0.1, 0.15) is 44.5 Å². The minimum atomic E-state index is 1.03. The molecule has 5 aliphatic carbocycles. The molecule has 36 heavy (non-hydrogen) atoms. The molecule has 0 bridgehead atoms. The van der Waals surface area contributed by atoms with Crippen molar-refractivity contribution in [1.29, 1.82) is 0 Å². The predicted molar refractivity (Wildman–Crippen MR) is 148 cm³/mol. The molecular formula is C36H24. The van der Waals surface area contributed by atoms with Crippen molar-refractivity contribution in [2.24, 2.45) is 0 Å². The van der Waals surface area contributed by atoms with E-state index in [2.05, 4.69) is 97.1 Å². The van der Waals surface area contributed by atoms with Crippen LogP contribution in [0.25, 0.3) is 22.3 Å². The summed E-state index contributed by atoms with van der Waals surface area (Å²) in [6, 6.07) is 36.6. The lowest BCUT2D eigenvalue weighted by Gasteiger charge is -2.22. The molecule has 0 unspecified atom stereocenters. The molecule has 0 atom stereocenters. The first-order valence-corrected chi connectivity index (χ1v) is 13.1. The molecule has 0 N–H and O–H groups in total. The second-order valence-electron chi connectivity index (χ2n) is 10.7. The molecule has 0 heteroatoms. The van der Waals surface area contributed by atoms with E-state index in [0.29, 0.717) is 0 Å². The maximum absolute atomic E-state index is 2.37. The van der Waals surface area contributed by atoms with Crippen molar-refractivity contribution in [2.75, 3.05) is 0 Å². The summed E-state index contributed by atoms with van der Waals surface area (Å²) in [5.41, 5.74) is 23.9. The second kappa shape index (κ2) is 6.74. The van der Waals surface area contributed by atoms with Gasteiger partial charge in [0.25, 0.3) is 0 Å². The van der Waals surface area contributed by atoms with E-state index in [4.69, 9.17) is 0 Å². The maximum atomic E-state index is 2.37. The largest absolute Gasteiger partial charge is 0.0619 e. The molecule has 0 fully saturated rings. The number of allylic oxidation sites excluding steroid dienone is 8. The van der Waals surface area contributed by atoms with Crippen LogP contribution < -0.4 is 0 Å². The number of fused-ring (bicyclic) bond motifs is 12. The quantitative estimate of drug-likeness (QED) is 0.251. The number of benzene rings is 4. The van der Waals surface area contributed by atoms with E-state index in [-0.39, 0.29) is 0 Å². The highest BCUT2D eigenvalue weighted by molar-refractivity contribution is 6.18. The van der Waals surface area contributed by atoms with Crippen molar-refractivity contribution in [1.82, 2.24) is 0 Å². The van der Waals surface area contributed by atoms with Crippen molar-refractivity contribution in [3.63, 3.8) is 0 Å². The van der Waals surface area contributed by atoms with E-state index in [1.54, 1.807) is 22.3 Å². The summed E-state index contributed by atoms with van der Waals surface area (Å²) in [5.74, 6) is 0. The zero-order valence-corrected chi connectivity index (χ0v) is 20.1. The van der Waals surface area contributed by atoms with Gasteiger partial charge in [0.05, 0.1) is 0 Å². The first-order chi connectivity index (χ1) is 17.9. The van der Waals surface area contributed by atoms with Gasteiger partial charge in [0.1, 0.15) is 0 Å². The average Bonchev–Trinajstić information content (AvgIpc) is 3.66. The van der Waals surface area contributed by atoms with Crippen LogP contribution in [-0.4, -0.2) is 0 Å². The van der Waals surface area contributed by atoms with Crippen LogP contribution in [-0.2, 0) is 25.7 Å². The molecule has 0 saturated carbocycles. The van der Waals surface area contributed by atoms with Crippen LogP contribution in [0.15, 0.2) is 119 Å². The van der Waals surface area contributed by atoms with Gasteiger partial charge in [-0.15, -0.1) is 0 Å². The molecular weight excluding hydrogens is 432 g/mol. The van der Waals surface area contributed by atoms with Crippen molar-refractivity contribution in [2.45, 2.75) is 25.7 Å². The smallest absolute Gasteiger partial charge is 0.00101 e. The summed E-state index contributed by atoms with van der Waals surface area (Å²) in [5, 5.41) is 0. The highest BCUT2D eigenvalue weighted by atomic mass is 14.4. The third kappa shape index (κ3) is 2.30. The van der Waals surface area contributed by atoms with E-state index < -0.39 is 0 Å². The molecule has 0 aromatic heterocycles. The van der Waals surface area contributed by atoms with Crippen molar-refractivity contribution in [3.05, 3.63) is 164 Å². The highest BCUT2D eigenvalue weighted by Gasteiger charge is 2.41. The molecule has 0 amide bonds. The molecule has 4 aromatic carbocycles. The Hall–Kier alpha value is -4.16. The van der Waals surface area contributed by atoms with Gasteiger partial charge in [0.15, 0.2) is 0 Å². The first-order valence-electron chi connectivity index (χ1n) is 13.1. The Morgan fingerprint density at radius 3 is 0.750 bits per heavy atom. The molecule has 168 valence electrons. The summed E-state index contributed by atoms with van der Waals surface area (Å²) in [4.78, 5) is 0. The fourth-order valence-electron chi connectivity index (χ4n) is 7.61. The zero-order chi connectivity index (χ0) is 23.4. The molecule has 0 spiro atoms. The topological polar surface area (TPSA) is 0 Å². The molecule has 0 radical (unpaired) electrons. The summed E-state index contributed by atoms with van der Waals surface area (Å²) >= 11 is 0. The van der Waals surface area contributed by atoms with Gasteiger partial charge in [-0.25, -0.2) is 0 Å². The SMILES string of the molecule is c1ccc2c(c1)CC1=C3\Cc4ccccc4\C3=C3\C(=C4\Cc5ccccc5\C4=C\12)Cc1ccccc13. The molecule has 9 rings (SSSR count). The Labute approximate surface area is 211 Å². The van der Waals surface area contributed by atoms with Crippen molar-refractivity contribution in [3.8, 4) is 0 Å². The fraction of sp³-hybridized carbons (Fsp3) is 0.111. The van der Waals surface area contributed by atoms with E-state index in [9.17, 15) is 0 Å². The molecule has 4 aromatic rings. The van der Waals surface area contributed by atoms with Gasteiger partial charge < -0.3 is 0 Å². The first kappa shape index (κ1) is 19.1. The van der Waals surface area contributed by atoms with E-state index in [0.717, 1.165) is 25.7 Å². The standard InChI is InChI=1S/C36H24/c1-5-13-25-21(9-1)17-29-30-18-22-10-3-7-15-27(22)35(30)36-28-16-8-4-12-24(28)20-32(36)31-19-23-11-2-6-14-26(23)34(31)33(25)29/h1-16H,17-20H2/b30-29-,32-31-,34-33-,36-35-.